The molecule has 0 radical (unpaired) electrons. The number of nitrogen functional groups attached to an aromatic ring is 1. The highest BCUT2D eigenvalue weighted by atomic mass is 32.2. The van der Waals surface area contributed by atoms with Crippen LogP contribution >= 0.6 is 11.8 Å². The Kier molecular flexibility index (Phi) is 4.99. The van der Waals surface area contributed by atoms with Crippen LogP contribution in [0.2, 0.25) is 0 Å². The Morgan fingerprint density at radius 2 is 1.96 bits per heavy atom. The first-order chi connectivity index (χ1) is 12.1. The predicted octanol–water partition coefficient (Wildman–Crippen LogP) is 2.84. The third-order valence-electron chi connectivity index (χ3n) is 3.57. The second-order valence-electron chi connectivity index (χ2n) is 5.29. The Bertz CT molecular complexity index is 897. The van der Waals surface area contributed by atoms with E-state index < -0.39 is 0 Å². The summed E-state index contributed by atoms with van der Waals surface area (Å²) >= 11 is 1.16. The summed E-state index contributed by atoms with van der Waals surface area (Å²) in [6.07, 6.45) is 0. The first-order valence-electron chi connectivity index (χ1n) is 7.50. The van der Waals surface area contributed by atoms with Crippen LogP contribution in [-0.2, 0) is 4.79 Å². The monoisotopic (exact) mass is 357 g/mol. The van der Waals surface area contributed by atoms with Gasteiger partial charge >= 0.3 is 0 Å². The maximum atomic E-state index is 13.5. The Morgan fingerprint density at radius 1 is 1.20 bits per heavy atom. The Labute approximate surface area is 148 Å². The molecular formula is C17H16FN5OS. The van der Waals surface area contributed by atoms with Crippen molar-refractivity contribution in [3.05, 3.63) is 59.9 Å². The minimum Gasteiger partial charge on any atom is -0.335 e. The summed E-state index contributed by atoms with van der Waals surface area (Å²) in [7, 11) is 0. The summed E-state index contributed by atoms with van der Waals surface area (Å²) in [5, 5.41) is 11.2. The van der Waals surface area contributed by atoms with Crippen molar-refractivity contribution in [1.29, 1.82) is 0 Å². The van der Waals surface area contributed by atoms with Crippen LogP contribution in [0, 0.1) is 12.7 Å². The normalized spacial score (nSPS) is 10.6. The maximum Gasteiger partial charge on any atom is 0.234 e. The molecule has 3 aromatic rings. The smallest absolute Gasteiger partial charge is 0.234 e. The summed E-state index contributed by atoms with van der Waals surface area (Å²) in [4.78, 5) is 12.1. The van der Waals surface area contributed by atoms with Crippen molar-refractivity contribution >= 4 is 23.4 Å². The third kappa shape index (κ3) is 3.80. The Morgan fingerprint density at radius 3 is 2.72 bits per heavy atom. The van der Waals surface area contributed by atoms with Gasteiger partial charge in [-0.2, -0.15) is 0 Å². The number of anilines is 1. The highest BCUT2D eigenvalue weighted by Gasteiger charge is 2.14. The molecule has 0 saturated carbocycles. The zero-order valence-electron chi connectivity index (χ0n) is 13.4. The first kappa shape index (κ1) is 17.0. The van der Waals surface area contributed by atoms with Gasteiger partial charge in [0.2, 0.25) is 11.1 Å². The molecule has 2 aromatic carbocycles. The van der Waals surface area contributed by atoms with Crippen molar-refractivity contribution in [1.82, 2.24) is 14.9 Å². The second kappa shape index (κ2) is 7.35. The minimum absolute atomic E-state index is 0.0834. The molecule has 0 atom stereocenters. The van der Waals surface area contributed by atoms with Crippen LogP contribution in [0.15, 0.2) is 53.7 Å². The lowest BCUT2D eigenvalue weighted by Crippen LogP contribution is -2.17. The summed E-state index contributed by atoms with van der Waals surface area (Å²) in [6.45, 7) is 1.61. The lowest BCUT2D eigenvalue weighted by atomic mass is 10.2. The molecule has 0 fully saturated rings. The van der Waals surface area contributed by atoms with E-state index in [0.717, 1.165) is 17.3 Å². The summed E-state index contributed by atoms with van der Waals surface area (Å²) in [6, 6.07) is 14.0. The summed E-state index contributed by atoms with van der Waals surface area (Å²) in [5.41, 5.74) is 1.68. The van der Waals surface area contributed by atoms with Gasteiger partial charge in [0.25, 0.3) is 0 Å². The molecular weight excluding hydrogens is 341 g/mol. The van der Waals surface area contributed by atoms with Crippen LogP contribution in [0.4, 0.5) is 10.1 Å². The molecule has 6 nitrogen and oxygen atoms in total. The number of carbonyl (C=O) groups excluding carboxylic acids is 1. The molecule has 128 valence electrons. The van der Waals surface area contributed by atoms with Gasteiger partial charge in [-0.05, 0) is 19.1 Å². The van der Waals surface area contributed by atoms with Crippen LogP contribution in [0.1, 0.15) is 5.56 Å². The molecule has 0 saturated heterocycles. The minimum atomic E-state index is -0.361. The molecule has 3 rings (SSSR count). The van der Waals surface area contributed by atoms with E-state index in [1.807, 2.05) is 30.3 Å². The quantitative estimate of drug-likeness (QED) is 0.542. The lowest BCUT2D eigenvalue weighted by Gasteiger charge is -2.08. The standard InChI is InChI=1S/C17H16FN5OS/c1-11-13(18)8-5-9-14(11)20-15(24)10-25-17-22-21-16(23(17)19)12-6-3-2-4-7-12/h2-9H,10,19H2,1H3,(H,20,24). The van der Waals surface area contributed by atoms with Gasteiger partial charge in [0, 0.05) is 16.8 Å². The molecule has 0 bridgehead atoms. The van der Waals surface area contributed by atoms with Gasteiger partial charge in [0.15, 0.2) is 5.82 Å². The number of nitrogens with zero attached hydrogens (tertiary/aromatic N) is 3. The van der Waals surface area contributed by atoms with E-state index >= 15 is 0 Å². The molecule has 0 aliphatic carbocycles. The van der Waals surface area contributed by atoms with Gasteiger partial charge < -0.3 is 11.2 Å². The topological polar surface area (TPSA) is 85.8 Å². The number of aromatic nitrogens is 3. The van der Waals surface area contributed by atoms with Crippen molar-refractivity contribution in [2.45, 2.75) is 12.1 Å². The fourth-order valence-electron chi connectivity index (χ4n) is 2.22. The van der Waals surface area contributed by atoms with Gasteiger partial charge in [-0.3, -0.25) is 4.79 Å². The second-order valence-corrected chi connectivity index (χ2v) is 6.23. The Balaban J connectivity index is 1.65. The van der Waals surface area contributed by atoms with Gasteiger partial charge in [0.05, 0.1) is 5.75 Å². The van der Waals surface area contributed by atoms with E-state index in [1.165, 1.54) is 10.7 Å². The van der Waals surface area contributed by atoms with Crippen molar-refractivity contribution < 1.29 is 9.18 Å². The highest BCUT2D eigenvalue weighted by molar-refractivity contribution is 7.99. The largest absolute Gasteiger partial charge is 0.335 e. The zero-order valence-corrected chi connectivity index (χ0v) is 14.3. The van der Waals surface area contributed by atoms with Gasteiger partial charge in [-0.15, -0.1) is 10.2 Å². The molecule has 3 N–H and O–H groups in total. The fraction of sp³-hybridized carbons (Fsp3) is 0.118. The molecule has 1 amide bonds. The first-order valence-corrected chi connectivity index (χ1v) is 8.48. The lowest BCUT2D eigenvalue weighted by molar-refractivity contribution is -0.113. The van der Waals surface area contributed by atoms with E-state index in [2.05, 4.69) is 15.5 Å². The average molecular weight is 357 g/mol. The van der Waals surface area contributed by atoms with E-state index in [4.69, 9.17) is 5.84 Å². The molecule has 0 aliphatic rings. The number of amides is 1. The van der Waals surface area contributed by atoms with E-state index in [9.17, 15) is 9.18 Å². The number of hydrogen-bond acceptors (Lipinski definition) is 5. The molecule has 25 heavy (non-hydrogen) atoms. The molecule has 1 heterocycles. The number of rotatable bonds is 5. The van der Waals surface area contributed by atoms with Crippen molar-refractivity contribution in [3.63, 3.8) is 0 Å². The molecule has 1 aromatic heterocycles. The number of hydrogen-bond donors (Lipinski definition) is 2. The number of nitrogens with one attached hydrogen (secondary N) is 1. The molecule has 0 spiro atoms. The van der Waals surface area contributed by atoms with Crippen molar-refractivity contribution in [2.24, 2.45) is 0 Å². The summed E-state index contributed by atoms with van der Waals surface area (Å²) in [5.74, 6) is 5.97. The summed E-state index contributed by atoms with van der Waals surface area (Å²) < 4.78 is 14.9. The van der Waals surface area contributed by atoms with E-state index in [1.54, 1.807) is 19.1 Å². The van der Waals surface area contributed by atoms with Crippen LogP contribution in [0.25, 0.3) is 11.4 Å². The van der Waals surface area contributed by atoms with E-state index in [-0.39, 0.29) is 17.5 Å². The number of benzene rings is 2. The van der Waals surface area contributed by atoms with Crippen molar-refractivity contribution in [3.8, 4) is 11.4 Å². The Hall–Kier alpha value is -2.87. The molecule has 0 unspecified atom stereocenters. The highest BCUT2D eigenvalue weighted by Crippen LogP contribution is 2.22. The van der Waals surface area contributed by atoms with Gasteiger partial charge in [0.1, 0.15) is 5.82 Å². The van der Waals surface area contributed by atoms with Crippen LogP contribution in [0.3, 0.4) is 0 Å². The molecule has 0 aliphatic heterocycles. The number of thioether (sulfide) groups is 1. The predicted molar refractivity (Wildman–Crippen MR) is 96.1 cm³/mol. The van der Waals surface area contributed by atoms with Gasteiger partial charge in [-0.1, -0.05) is 48.2 Å². The van der Waals surface area contributed by atoms with Crippen LogP contribution in [-0.4, -0.2) is 26.5 Å². The fourth-order valence-corrected chi connectivity index (χ4v) is 2.88. The van der Waals surface area contributed by atoms with E-state index in [0.29, 0.717) is 22.2 Å². The third-order valence-corrected chi connectivity index (χ3v) is 4.51. The number of nitrogens with two attached hydrogens (primary N) is 1. The van der Waals surface area contributed by atoms with Crippen LogP contribution in [0.5, 0.6) is 0 Å². The van der Waals surface area contributed by atoms with Crippen molar-refractivity contribution in [2.75, 3.05) is 16.9 Å². The number of halogens is 1. The maximum absolute atomic E-state index is 13.5. The van der Waals surface area contributed by atoms with Crippen LogP contribution < -0.4 is 11.2 Å². The number of carbonyl (C=O) groups is 1. The van der Waals surface area contributed by atoms with Gasteiger partial charge in [-0.25, -0.2) is 9.07 Å². The zero-order chi connectivity index (χ0) is 17.8. The molecule has 8 heteroatoms. The average Bonchev–Trinajstić information content (AvgIpc) is 2.99. The SMILES string of the molecule is Cc1c(F)cccc1NC(=O)CSc1nnc(-c2ccccc2)n1N.